The van der Waals surface area contributed by atoms with Crippen molar-refractivity contribution in [3.63, 3.8) is 0 Å². The van der Waals surface area contributed by atoms with Gasteiger partial charge < -0.3 is 14.6 Å². The zero-order valence-corrected chi connectivity index (χ0v) is 12.4. The minimum atomic E-state index is 0.0424. The van der Waals surface area contributed by atoms with Gasteiger partial charge in [0.2, 0.25) is 5.91 Å². The van der Waals surface area contributed by atoms with Gasteiger partial charge >= 0.3 is 0 Å². The summed E-state index contributed by atoms with van der Waals surface area (Å²) in [5, 5.41) is 9.97. The number of aromatic nitrogens is 3. The van der Waals surface area contributed by atoms with Gasteiger partial charge in [-0.25, -0.2) is 0 Å². The van der Waals surface area contributed by atoms with Gasteiger partial charge in [-0.15, -0.1) is 0 Å². The Hall–Kier alpha value is -1.21. The molecular weight excluding hydrogens is 276 g/mol. The Labute approximate surface area is 122 Å². The van der Waals surface area contributed by atoms with E-state index in [4.69, 9.17) is 17.0 Å². The molecule has 2 bridgehead atoms. The molecule has 7 heteroatoms. The number of hydrogen-bond acceptors (Lipinski definition) is 4. The summed E-state index contributed by atoms with van der Waals surface area (Å²) in [5.41, 5.74) is 0. The second-order valence-electron chi connectivity index (χ2n) is 5.45. The molecule has 2 saturated heterocycles. The fourth-order valence-electron chi connectivity index (χ4n) is 3.21. The van der Waals surface area contributed by atoms with Gasteiger partial charge in [-0.2, -0.15) is 5.10 Å². The minimum Gasteiger partial charge on any atom is -0.374 e. The molecule has 3 rings (SSSR count). The molecule has 0 spiro atoms. The zero-order valence-electron chi connectivity index (χ0n) is 11.6. The van der Waals surface area contributed by atoms with E-state index in [9.17, 15) is 4.79 Å². The largest absolute Gasteiger partial charge is 0.374 e. The van der Waals surface area contributed by atoms with Crippen molar-refractivity contribution >= 4 is 18.1 Å². The van der Waals surface area contributed by atoms with Crippen LogP contribution in [0.3, 0.4) is 0 Å². The van der Waals surface area contributed by atoms with Crippen molar-refractivity contribution in [2.45, 2.75) is 51.4 Å². The zero-order chi connectivity index (χ0) is 14.1. The van der Waals surface area contributed by atoms with Crippen molar-refractivity contribution in [3.8, 4) is 0 Å². The molecule has 1 aromatic rings. The number of carbonyl (C=O) groups excluding carboxylic acids is 1. The summed E-state index contributed by atoms with van der Waals surface area (Å²) in [6, 6.07) is 0. The van der Waals surface area contributed by atoms with E-state index in [1.807, 2.05) is 11.5 Å². The van der Waals surface area contributed by atoms with Crippen LogP contribution in [0.1, 0.15) is 32.0 Å². The van der Waals surface area contributed by atoms with Gasteiger partial charge in [-0.3, -0.25) is 9.89 Å². The average molecular weight is 296 g/mol. The summed E-state index contributed by atoms with van der Waals surface area (Å²) in [6.07, 6.45) is 4.16. The topological polar surface area (TPSA) is 71.9 Å². The molecule has 2 aliphatic rings. The lowest BCUT2D eigenvalue weighted by Gasteiger charge is -2.17. The summed E-state index contributed by atoms with van der Waals surface area (Å²) in [7, 11) is 0. The molecule has 2 N–H and O–H groups in total. The van der Waals surface area contributed by atoms with Crippen LogP contribution >= 0.6 is 12.2 Å². The highest BCUT2D eigenvalue weighted by Crippen LogP contribution is 2.38. The molecule has 2 fully saturated rings. The summed E-state index contributed by atoms with van der Waals surface area (Å²) in [4.78, 5) is 12.1. The average Bonchev–Trinajstić information content (AvgIpc) is 3.14. The molecule has 0 radical (unpaired) electrons. The molecule has 1 aromatic heterocycles. The maximum absolute atomic E-state index is 12.1. The Balaban J connectivity index is 1.50. The molecule has 6 nitrogen and oxygen atoms in total. The van der Waals surface area contributed by atoms with E-state index in [2.05, 4.69) is 15.5 Å². The highest BCUT2D eigenvalue weighted by atomic mass is 32.1. The number of hydrogen-bond donors (Lipinski definition) is 2. The second kappa shape index (κ2) is 5.65. The Morgan fingerprint density at radius 2 is 2.45 bits per heavy atom. The van der Waals surface area contributed by atoms with E-state index in [0.29, 0.717) is 23.8 Å². The van der Waals surface area contributed by atoms with Crippen LogP contribution < -0.4 is 5.32 Å². The van der Waals surface area contributed by atoms with Crippen LogP contribution in [0.25, 0.3) is 0 Å². The van der Waals surface area contributed by atoms with E-state index in [0.717, 1.165) is 31.6 Å². The second-order valence-corrected chi connectivity index (χ2v) is 5.83. The number of fused-ring (bicyclic) bond motifs is 2. The molecular formula is C13H20N4O2S. The van der Waals surface area contributed by atoms with Gasteiger partial charge in [0.15, 0.2) is 4.77 Å². The van der Waals surface area contributed by atoms with Gasteiger partial charge in [0, 0.05) is 19.5 Å². The van der Waals surface area contributed by atoms with E-state index in [1.165, 1.54) is 0 Å². The molecule has 0 saturated carbocycles. The molecule has 0 unspecified atom stereocenters. The Morgan fingerprint density at radius 3 is 3.10 bits per heavy atom. The van der Waals surface area contributed by atoms with E-state index < -0.39 is 0 Å². The maximum atomic E-state index is 12.1. The molecule has 110 valence electrons. The van der Waals surface area contributed by atoms with Crippen molar-refractivity contribution in [3.05, 3.63) is 10.6 Å². The van der Waals surface area contributed by atoms with Crippen molar-refractivity contribution < 1.29 is 9.53 Å². The number of aromatic amines is 1. The number of nitrogens with zero attached hydrogens (tertiary/aromatic N) is 2. The fraction of sp³-hybridized carbons (Fsp3) is 0.769. The van der Waals surface area contributed by atoms with Crippen LogP contribution in [0.2, 0.25) is 0 Å². The summed E-state index contributed by atoms with van der Waals surface area (Å²) < 4.78 is 8.30. The van der Waals surface area contributed by atoms with Gasteiger partial charge in [-0.1, -0.05) is 0 Å². The lowest BCUT2D eigenvalue weighted by molar-refractivity contribution is -0.126. The smallest absolute Gasteiger partial charge is 0.225 e. The molecule has 2 aliphatic heterocycles. The minimum absolute atomic E-state index is 0.0424. The third kappa shape index (κ3) is 2.52. The van der Waals surface area contributed by atoms with Crippen LogP contribution in [-0.2, 0) is 22.5 Å². The van der Waals surface area contributed by atoms with Crippen molar-refractivity contribution in [2.24, 2.45) is 5.92 Å². The number of H-pyrrole nitrogens is 1. The first-order valence-electron chi connectivity index (χ1n) is 7.26. The SMILES string of the molecule is CCn1c(CCNC(=O)[C@H]2C[C@H]3CC[C@H]2O3)n[nH]c1=S. The van der Waals surface area contributed by atoms with Crippen molar-refractivity contribution in [1.29, 1.82) is 0 Å². The molecule has 0 aromatic carbocycles. The van der Waals surface area contributed by atoms with Gasteiger partial charge in [0.1, 0.15) is 5.82 Å². The number of rotatable bonds is 5. The number of carbonyl (C=O) groups is 1. The van der Waals surface area contributed by atoms with Gasteiger partial charge in [0.05, 0.1) is 18.1 Å². The van der Waals surface area contributed by atoms with E-state index in [1.54, 1.807) is 0 Å². The van der Waals surface area contributed by atoms with Crippen LogP contribution in [0.5, 0.6) is 0 Å². The molecule has 20 heavy (non-hydrogen) atoms. The monoisotopic (exact) mass is 296 g/mol. The first-order valence-corrected chi connectivity index (χ1v) is 7.67. The fourth-order valence-corrected chi connectivity index (χ4v) is 3.49. The molecule has 1 amide bonds. The lowest BCUT2D eigenvalue weighted by Crippen LogP contribution is -2.37. The third-order valence-electron chi connectivity index (χ3n) is 4.24. The molecule has 3 heterocycles. The Bertz CT molecular complexity index is 553. The summed E-state index contributed by atoms with van der Waals surface area (Å²) in [6.45, 7) is 3.41. The van der Waals surface area contributed by atoms with Crippen molar-refractivity contribution in [2.75, 3.05) is 6.54 Å². The molecule has 3 atom stereocenters. The van der Waals surface area contributed by atoms with E-state index in [-0.39, 0.29) is 17.9 Å². The van der Waals surface area contributed by atoms with Gasteiger partial charge in [-0.05, 0) is 38.4 Å². The van der Waals surface area contributed by atoms with Crippen LogP contribution in [0.15, 0.2) is 0 Å². The normalized spacial score (nSPS) is 27.9. The predicted molar refractivity (Wildman–Crippen MR) is 75.8 cm³/mol. The molecule has 0 aliphatic carbocycles. The summed E-state index contributed by atoms with van der Waals surface area (Å²) in [5.74, 6) is 1.05. The standard InChI is InChI=1S/C13H20N4O2S/c1-2-17-11(15-16-13(17)20)5-6-14-12(18)9-7-8-3-4-10(9)19-8/h8-10H,2-7H2,1H3,(H,14,18)(H,16,20)/t8-,9+,10-/m1/s1. The highest BCUT2D eigenvalue weighted by Gasteiger charge is 2.44. The number of amides is 1. The quantitative estimate of drug-likeness (QED) is 0.801. The van der Waals surface area contributed by atoms with Crippen LogP contribution in [-0.4, -0.2) is 39.4 Å². The summed E-state index contributed by atoms with van der Waals surface area (Å²) >= 11 is 5.14. The Morgan fingerprint density at radius 1 is 1.60 bits per heavy atom. The lowest BCUT2D eigenvalue weighted by atomic mass is 9.88. The van der Waals surface area contributed by atoms with Crippen LogP contribution in [0.4, 0.5) is 0 Å². The predicted octanol–water partition coefficient (Wildman–Crippen LogP) is 1.19. The number of ether oxygens (including phenoxy) is 1. The van der Waals surface area contributed by atoms with Crippen LogP contribution in [0, 0.1) is 10.7 Å². The first kappa shape index (κ1) is 13.8. The van der Waals surface area contributed by atoms with Gasteiger partial charge in [0.25, 0.3) is 0 Å². The Kier molecular flexibility index (Phi) is 3.89. The third-order valence-corrected chi connectivity index (χ3v) is 4.56. The first-order chi connectivity index (χ1) is 9.69. The maximum Gasteiger partial charge on any atom is 0.225 e. The highest BCUT2D eigenvalue weighted by molar-refractivity contribution is 7.71. The van der Waals surface area contributed by atoms with E-state index >= 15 is 0 Å². The number of nitrogens with one attached hydrogen (secondary N) is 2. The van der Waals surface area contributed by atoms with Crippen molar-refractivity contribution in [1.82, 2.24) is 20.1 Å².